The van der Waals surface area contributed by atoms with Crippen LogP contribution in [-0.2, 0) is 31.9 Å². The van der Waals surface area contributed by atoms with Crippen molar-refractivity contribution in [3.05, 3.63) is 143 Å². The number of carbonyl (C=O) groups is 4. The monoisotopic (exact) mass is 967 g/mol. The van der Waals surface area contributed by atoms with Crippen LogP contribution in [0, 0.1) is 17.3 Å². The van der Waals surface area contributed by atoms with Crippen LogP contribution in [0.5, 0.6) is 0 Å². The van der Waals surface area contributed by atoms with Crippen molar-refractivity contribution in [3.8, 4) is 0 Å². The van der Waals surface area contributed by atoms with E-state index < -0.39 is 29.2 Å². The average molecular weight is 967 g/mol. The first kappa shape index (κ1) is 54.5. The molecule has 0 saturated heterocycles. The average Bonchev–Trinajstić information content (AvgIpc) is 3.39. The molecule has 2 aliphatic rings. The van der Waals surface area contributed by atoms with Crippen molar-refractivity contribution >= 4 is 47.0 Å². The van der Waals surface area contributed by atoms with Crippen molar-refractivity contribution in [2.75, 3.05) is 11.5 Å². The number of hydrogen-bond donors (Lipinski definition) is 4. The van der Waals surface area contributed by atoms with Gasteiger partial charge in [-0.25, -0.2) is 9.59 Å². The number of nitrogen functional groups attached to an aromatic ring is 2. The highest BCUT2D eigenvalue weighted by molar-refractivity contribution is 6.01. The first-order valence-corrected chi connectivity index (χ1v) is 26.5. The van der Waals surface area contributed by atoms with Crippen LogP contribution in [0.3, 0.4) is 0 Å². The third-order valence-corrected chi connectivity index (χ3v) is 14.9. The number of benzene rings is 4. The second-order valence-corrected chi connectivity index (χ2v) is 20.4. The van der Waals surface area contributed by atoms with Crippen molar-refractivity contribution in [2.45, 2.75) is 167 Å². The van der Waals surface area contributed by atoms with Gasteiger partial charge >= 0.3 is 11.9 Å². The zero-order valence-electron chi connectivity index (χ0n) is 42.2. The molecule has 0 aliphatic heterocycles. The number of ether oxygens (including phenoxy) is 2. The van der Waals surface area contributed by atoms with E-state index in [1.165, 1.54) is 88.5 Å². The molecule has 10 nitrogen and oxygen atoms in total. The van der Waals surface area contributed by atoms with Crippen LogP contribution >= 0.6 is 0 Å². The molecule has 4 aromatic rings. The van der Waals surface area contributed by atoms with Crippen LogP contribution in [-0.4, -0.2) is 58.1 Å². The summed E-state index contributed by atoms with van der Waals surface area (Å²) in [6.45, 7) is 4.45. The quantitative estimate of drug-likeness (QED) is 0.0205. The van der Waals surface area contributed by atoms with E-state index in [1.807, 2.05) is 0 Å². The van der Waals surface area contributed by atoms with Gasteiger partial charge in [0.15, 0.2) is 11.6 Å². The van der Waals surface area contributed by atoms with E-state index in [2.05, 4.69) is 13.8 Å². The Morgan fingerprint density at radius 3 is 1.21 bits per heavy atom. The van der Waals surface area contributed by atoms with Gasteiger partial charge in [-0.3, -0.25) is 9.59 Å². The largest absolute Gasteiger partial charge is 0.459 e. The van der Waals surface area contributed by atoms with Crippen LogP contribution in [0.25, 0.3) is 12.2 Å². The lowest BCUT2D eigenvalue weighted by molar-refractivity contribution is -0.146. The van der Waals surface area contributed by atoms with Crippen molar-refractivity contribution in [1.29, 1.82) is 0 Å². The Morgan fingerprint density at radius 2 is 0.873 bits per heavy atom. The van der Waals surface area contributed by atoms with Crippen molar-refractivity contribution < 1.29 is 38.9 Å². The van der Waals surface area contributed by atoms with Crippen LogP contribution in [0.4, 0.5) is 11.4 Å². The highest BCUT2D eigenvalue weighted by atomic mass is 16.5. The molecular weight excluding hydrogens is 889 g/mol. The molecule has 0 spiro atoms. The van der Waals surface area contributed by atoms with Gasteiger partial charge in [0.1, 0.15) is 24.4 Å². The summed E-state index contributed by atoms with van der Waals surface area (Å²) in [6.07, 6.45) is 21.9. The molecular formula is C61H78N2O8. The fourth-order valence-corrected chi connectivity index (χ4v) is 10.4. The maximum absolute atomic E-state index is 14.2. The maximum atomic E-state index is 14.2. The minimum atomic E-state index is -1.87. The summed E-state index contributed by atoms with van der Waals surface area (Å²) in [4.78, 5) is 54.7. The minimum Gasteiger partial charge on any atom is -0.459 e. The summed E-state index contributed by atoms with van der Waals surface area (Å²) in [7, 11) is 0. The van der Waals surface area contributed by atoms with E-state index in [4.69, 9.17) is 20.9 Å². The van der Waals surface area contributed by atoms with Gasteiger partial charge in [0.05, 0.1) is 11.1 Å². The molecule has 2 aliphatic carbocycles. The molecule has 0 heterocycles. The Kier molecular flexibility index (Phi) is 21.2. The van der Waals surface area contributed by atoms with E-state index in [-0.39, 0.29) is 37.0 Å². The molecule has 2 atom stereocenters. The lowest BCUT2D eigenvalue weighted by Crippen LogP contribution is -2.54. The molecule has 6 N–H and O–H groups in total. The number of rotatable bonds is 26. The Morgan fingerprint density at radius 1 is 0.521 bits per heavy atom. The van der Waals surface area contributed by atoms with Gasteiger partial charge in [-0.15, -0.1) is 0 Å². The van der Waals surface area contributed by atoms with Crippen molar-refractivity contribution in [2.24, 2.45) is 17.3 Å². The number of carbonyl (C=O) groups excluding carboxylic acids is 4. The fraction of sp³-hybridized carbons (Fsp3) is 0.475. The first-order valence-electron chi connectivity index (χ1n) is 26.5. The predicted molar refractivity (Wildman–Crippen MR) is 284 cm³/mol. The van der Waals surface area contributed by atoms with Gasteiger partial charge < -0.3 is 31.2 Å². The maximum Gasteiger partial charge on any atom is 0.338 e. The van der Waals surface area contributed by atoms with E-state index in [9.17, 15) is 29.4 Å². The summed E-state index contributed by atoms with van der Waals surface area (Å²) in [5, 5.41) is 24.5. The van der Waals surface area contributed by atoms with Crippen LogP contribution in [0.2, 0.25) is 0 Å². The Labute approximate surface area is 422 Å². The minimum absolute atomic E-state index is 0.0754. The standard InChI is InChI=1S/C61H78N2O8/c1-3-5-7-9-11-43-21-35-53(36-22-43)70-59(68)49-27-13-45(14-28-49)25-39-55(64)57(66)61(41-47-17-31-51(62)32-18-47,42-48-19-33-52(63)34-20-48)58(67)56(65)40-26-46-15-29-50(30-16-46)60(69)71-54-37-23-44(24-38-54)12-10-8-6-4-2/h13-20,25-34,39-40,43-44,53-54,57-58,66-67H,3-12,21-24,35-38,41-42,62-63H2,1-2H3/b39-25+,40-26+. The Hall–Kier alpha value is -5.84. The second kappa shape index (κ2) is 27.7. The van der Waals surface area contributed by atoms with Crippen LogP contribution in [0.15, 0.2) is 109 Å². The van der Waals surface area contributed by atoms with Crippen LogP contribution in [0.1, 0.15) is 172 Å². The SMILES string of the molecule is CCCCCCC1CCC(OC(=O)c2ccc(/C=C/C(=O)C(O)C(Cc3ccc(N)cc3)(Cc3ccc(N)cc3)C(O)C(=O)/C=C/c3ccc(C(=O)OC4CCC(CCCCCC)CC4)cc3)cc2)CC1. The van der Waals surface area contributed by atoms with E-state index in [0.29, 0.717) is 56.6 Å². The first-order chi connectivity index (χ1) is 34.3. The second-order valence-electron chi connectivity index (χ2n) is 20.4. The molecule has 4 aromatic carbocycles. The highest BCUT2D eigenvalue weighted by Crippen LogP contribution is 2.39. The molecule has 0 radical (unpaired) electrons. The molecule has 0 amide bonds. The summed E-state index contributed by atoms with van der Waals surface area (Å²) in [6, 6.07) is 27.2. The van der Waals surface area contributed by atoms with Crippen LogP contribution < -0.4 is 11.5 Å². The molecule has 10 heteroatoms. The number of hydrogen-bond acceptors (Lipinski definition) is 10. The summed E-state index contributed by atoms with van der Waals surface area (Å²) in [5.41, 5.74) is 14.6. The number of nitrogens with two attached hydrogens (primary N) is 2. The summed E-state index contributed by atoms with van der Waals surface area (Å²) < 4.78 is 11.8. The number of unbranched alkanes of at least 4 members (excludes halogenated alkanes) is 6. The van der Waals surface area contributed by atoms with E-state index >= 15 is 0 Å². The van der Waals surface area contributed by atoms with Gasteiger partial charge in [0.25, 0.3) is 0 Å². The zero-order chi connectivity index (χ0) is 50.6. The number of ketones is 2. The molecule has 6 rings (SSSR count). The summed E-state index contributed by atoms with van der Waals surface area (Å²) >= 11 is 0. The number of aliphatic hydroxyl groups excluding tert-OH is 2. The Bertz CT molecular complexity index is 2170. The highest BCUT2D eigenvalue weighted by Gasteiger charge is 2.49. The smallest absolute Gasteiger partial charge is 0.338 e. The van der Waals surface area contributed by atoms with Gasteiger partial charge in [-0.05, 0) is 159 Å². The fourth-order valence-electron chi connectivity index (χ4n) is 10.4. The molecule has 71 heavy (non-hydrogen) atoms. The molecule has 0 aromatic heterocycles. The van der Waals surface area contributed by atoms with Gasteiger partial charge in [-0.1, -0.05) is 139 Å². The number of esters is 2. The lowest BCUT2D eigenvalue weighted by Gasteiger charge is -2.40. The van der Waals surface area contributed by atoms with Gasteiger partial charge in [-0.2, -0.15) is 0 Å². The van der Waals surface area contributed by atoms with Gasteiger partial charge in [0.2, 0.25) is 0 Å². The third kappa shape index (κ3) is 16.6. The molecule has 380 valence electrons. The molecule has 0 bridgehead atoms. The Balaban J connectivity index is 1.14. The third-order valence-electron chi connectivity index (χ3n) is 14.9. The number of anilines is 2. The number of aliphatic hydroxyl groups is 2. The zero-order valence-corrected chi connectivity index (χ0v) is 42.2. The molecule has 2 fully saturated rings. The summed E-state index contributed by atoms with van der Waals surface area (Å²) in [5.74, 6) is -0.811. The van der Waals surface area contributed by atoms with E-state index in [1.54, 1.807) is 97.1 Å². The van der Waals surface area contributed by atoms with E-state index in [0.717, 1.165) is 51.4 Å². The van der Waals surface area contributed by atoms with Crippen molar-refractivity contribution in [1.82, 2.24) is 0 Å². The molecule has 2 unspecified atom stereocenters. The lowest BCUT2D eigenvalue weighted by atomic mass is 9.66. The topological polar surface area (TPSA) is 179 Å². The van der Waals surface area contributed by atoms with Crippen molar-refractivity contribution in [3.63, 3.8) is 0 Å². The predicted octanol–water partition coefficient (Wildman–Crippen LogP) is 12.3. The van der Waals surface area contributed by atoms with Gasteiger partial charge in [0, 0.05) is 16.8 Å². The molecule has 2 saturated carbocycles. The normalized spacial score (nSPS) is 19.3.